The predicted molar refractivity (Wildman–Crippen MR) is 79.6 cm³/mol. The molecule has 100 valence electrons. The van der Waals surface area contributed by atoms with Gasteiger partial charge in [0.15, 0.2) is 5.82 Å². The van der Waals surface area contributed by atoms with E-state index in [1.807, 2.05) is 45.2 Å². The summed E-state index contributed by atoms with van der Waals surface area (Å²) in [6.45, 7) is 5.00. The third-order valence-electron chi connectivity index (χ3n) is 3.13. The first-order valence-corrected chi connectivity index (χ1v) is 6.74. The average Bonchev–Trinajstić information content (AvgIpc) is 2.37. The molecule has 0 amide bonds. The van der Waals surface area contributed by atoms with E-state index in [1.165, 1.54) is 5.56 Å². The Bertz CT molecular complexity index is 558. The van der Waals surface area contributed by atoms with Gasteiger partial charge in [-0.2, -0.15) is 0 Å². The molecule has 0 fully saturated rings. The first-order chi connectivity index (χ1) is 9.11. The molecule has 19 heavy (non-hydrogen) atoms. The number of likely N-dealkylation sites (N-methyl/N-ethyl adjacent to an activating group) is 1. The molecule has 0 radical (unpaired) electrons. The highest BCUT2D eigenvalue weighted by Gasteiger charge is 2.09. The molecule has 0 spiro atoms. The zero-order valence-corrected chi connectivity index (χ0v) is 12.3. The summed E-state index contributed by atoms with van der Waals surface area (Å²) in [4.78, 5) is 9.20. The van der Waals surface area contributed by atoms with Crippen LogP contribution in [0.5, 0.6) is 0 Å². The van der Waals surface area contributed by atoms with Crippen molar-refractivity contribution in [3.8, 4) is 11.4 Å². The molecular weight excluding hydrogens is 258 g/mol. The Labute approximate surface area is 119 Å². The zero-order chi connectivity index (χ0) is 13.8. The Morgan fingerprint density at radius 3 is 2.42 bits per heavy atom. The third-order valence-corrected chi connectivity index (χ3v) is 3.36. The van der Waals surface area contributed by atoms with Gasteiger partial charge in [-0.15, -0.1) is 0 Å². The molecule has 2 rings (SSSR count). The number of aromatic nitrogens is 2. The molecule has 0 atom stereocenters. The van der Waals surface area contributed by atoms with Gasteiger partial charge < -0.3 is 5.32 Å². The number of rotatable bonds is 4. The van der Waals surface area contributed by atoms with Gasteiger partial charge in [0, 0.05) is 22.0 Å². The standard InChI is InChI=1S/C15H18ClN3/c1-10-14(7-8-17-3)11(2)19-15(18-10)12-5-4-6-13(16)9-12/h4-6,9,17H,7-8H2,1-3H3. The van der Waals surface area contributed by atoms with Crippen molar-refractivity contribution in [2.45, 2.75) is 20.3 Å². The smallest absolute Gasteiger partial charge is 0.159 e. The lowest BCUT2D eigenvalue weighted by atomic mass is 10.1. The summed E-state index contributed by atoms with van der Waals surface area (Å²) in [6, 6.07) is 7.64. The quantitative estimate of drug-likeness (QED) is 0.931. The normalized spacial score (nSPS) is 10.7. The molecule has 1 aromatic heterocycles. The van der Waals surface area contributed by atoms with Crippen molar-refractivity contribution in [2.75, 3.05) is 13.6 Å². The molecule has 3 nitrogen and oxygen atoms in total. The molecule has 1 N–H and O–H groups in total. The summed E-state index contributed by atoms with van der Waals surface area (Å²) < 4.78 is 0. The second kappa shape index (κ2) is 6.13. The molecule has 1 aromatic carbocycles. The van der Waals surface area contributed by atoms with Crippen LogP contribution in [-0.2, 0) is 6.42 Å². The van der Waals surface area contributed by atoms with Crippen LogP contribution in [0.2, 0.25) is 5.02 Å². The number of nitrogens with zero attached hydrogens (tertiary/aromatic N) is 2. The molecule has 1 heterocycles. The molecule has 4 heteroatoms. The minimum atomic E-state index is 0.704. The Balaban J connectivity index is 2.39. The van der Waals surface area contributed by atoms with Gasteiger partial charge in [-0.1, -0.05) is 23.7 Å². The molecular formula is C15H18ClN3. The van der Waals surface area contributed by atoms with E-state index < -0.39 is 0 Å². The first kappa shape index (κ1) is 14.0. The van der Waals surface area contributed by atoms with Gasteiger partial charge >= 0.3 is 0 Å². The highest BCUT2D eigenvalue weighted by molar-refractivity contribution is 6.30. The van der Waals surface area contributed by atoms with Crippen LogP contribution in [-0.4, -0.2) is 23.6 Å². The van der Waals surface area contributed by atoms with Gasteiger partial charge in [0.25, 0.3) is 0 Å². The molecule has 0 saturated heterocycles. The fraction of sp³-hybridized carbons (Fsp3) is 0.333. The second-order valence-electron chi connectivity index (χ2n) is 4.56. The van der Waals surface area contributed by atoms with Gasteiger partial charge in [0.05, 0.1) is 0 Å². The topological polar surface area (TPSA) is 37.8 Å². The second-order valence-corrected chi connectivity index (χ2v) is 5.00. The summed E-state index contributed by atoms with van der Waals surface area (Å²) in [7, 11) is 1.95. The summed E-state index contributed by atoms with van der Waals surface area (Å²) in [6.07, 6.45) is 0.948. The summed E-state index contributed by atoms with van der Waals surface area (Å²) in [5, 5.41) is 3.86. The van der Waals surface area contributed by atoms with Crippen molar-refractivity contribution < 1.29 is 0 Å². The summed E-state index contributed by atoms with van der Waals surface area (Å²) >= 11 is 6.01. The van der Waals surface area contributed by atoms with E-state index in [-0.39, 0.29) is 0 Å². The van der Waals surface area contributed by atoms with Crippen LogP contribution in [0.1, 0.15) is 17.0 Å². The SMILES string of the molecule is CNCCc1c(C)nc(-c2cccc(Cl)c2)nc1C. The molecule has 0 bridgehead atoms. The van der Waals surface area contributed by atoms with E-state index in [9.17, 15) is 0 Å². The van der Waals surface area contributed by atoms with E-state index in [0.29, 0.717) is 5.02 Å². The molecule has 0 saturated carbocycles. The van der Waals surface area contributed by atoms with E-state index in [4.69, 9.17) is 11.6 Å². The van der Waals surface area contributed by atoms with Crippen molar-refractivity contribution >= 4 is 11.6 Å². The molecule has 2 aromatic rings. The van der Waals surface area contributed by atoms with Crippen LogP contribution in [0.3, 0.4) is 0 Å². The lowest BCUT2D eigenvalue weighted by Gasteiger charge is -2.11. The monoisotopic (exact) mass is 275 g/mol. The molecule has 0 aliphatic rings. The maximum atomic E-state index is 6.01. The first-order valence-electron chi connectivity index (χ1n) is 6.36. The van der Waals surface area contributed by atoms with Gasteiger partial charge in [0.1, 0.15) is 0 Å². The maximum absolute atomic E-state index is 6.01. The Hall–Kier alpha value is -1.45. The highest BCUT2D eigenvalue weighted by atomic mass is 35.5. The van der Waals surface area contributed by atoms with Crippen LogP contribution < -0.4 is 5.32 Å². The lowest BCUT2D eigenvalue weighted by Crippen LogP contribution is -2.13. The molecule has 0 unspecified atom stereocenters. The van der Waals surface area contributed by atoms with E-state index in [2.05, 4.69) is 15.3 Å². The molecule has 0 aliphatic carbocycles. The van der Waals surface area contributed by atoms with Crippen LogP contribution >= 0.6 is 11.6 Å². The summed E-state index contributed by atoms with van der Waals surface area (Å²) in [5.74, 6) is 0.741. The third kappa shape index (κ3) is 3.31. The fourth-order valence-corrected chi connectivity index (χ4v) is 2.30. The number of hydrogen-bond donors (Lipinski definition) is 1. The van der Waals surface area contributed by atoms with Crippen LogP contribution in [0.4, 0.5) is 0 Å². The van der Waals surface area contributed by atoms with Crippen molar-refractivity contribution in [1.29, 1.82) is 0 Å². The summed E-state index contributed by atoms with van der Waals surface area (Å²) in [5.41, 5.74) is 4.26. The predicted octanol–water partition coefficient (Wildman–Crippen LogP) is 3.18. The van der Waals surface area contributed by atoms with Crippen molar-refractivity contribution in [1.82, 2.24) is 15.3 Å². The van der Waals surface area contributed by atoms with Gasteiger partial charge in [0.2, 0.25) is 0 Å². The Morgan fingerprint density at radius 1 is 1.16 bits per heavy atom. The Kier molecular flexibility index (Phi) is 4.51. The lowest BCUT2D eigenvalue weighted by molar-refractivity contribution is 0.774. The van der Waals surface area contributed by atoms with E-state index in [0.717, 1.165) is 35.7 Å². The zero-order valence-electron chi connectivity index (χ0n) is 11.5. The molecule has 0 aliphatic heterocycles. The fourth-order valence-electron chi connectivity index (χ4n) is 2.11. The number of hydrogen-bond acceptors (Lipinski definition) is 3. The average molecular weight is 276 g/mol. The van der Waals surface area contributed by atoms with Crippen LogP contribution in [0.25, 0.3) is 11.4 Å². The number of nitrogens with one attached hydrogen (secondary N) is 1. The van der Waals surface area contributed by atoms with Crippen LogP contribution in [0, 0.1) is 13.8 Å². The number of halogens is 1. The number of benzene rings is 1. The minimum Gasteiger partial charge on any atom is -0.319 e. The van der Waals surface area contributed by atoms with Crippen molar-refractivity contribution in [2.24, 2.45) is 0 Å². The largest absolute Gasteiger partial charge is 0.319 e. The van der Waals surface area contributed by atoms with E-state index in [1.54, 1.807) is 0 Å². The van der Waals surface area contributed by atoms with Gasteiger partial charge in [-0.3, -0.25) is 0 Å². The van der Waals surface area contributed by atoms with Gasteiger partial charge in [-0.25, -0.2) is 9.97 Å². The van der Waals surface area contributed by atoms with Crippen molar-refractivity contribution in [3.05, 3.63) is 46.2 Å². The number of aryl methyl sites for hydroxylation is 2. The highest BCUT2D eigenvalue weighted by Crippen LogP contribution is 2.21. The van der Waals surface area contributed by atoms with Crippen LogP contribution in [0.15, 0.2) is 24.3 Å². The Morgan fingerprint density at radius 2 is 1.84 bits per heavy atom. The van der Waals surface area contributed by atoms with E-state index >= 15 is 0 Å². The minimum absolute atomic E-state index is 0.704. The van der Waals surface area contributed by atoms with Crippen molar-refractivity contribution in [3.63, 3.8) is 0 Å². The van der Waals surface area contributed by atoms with Gasteiger partial charge in [-0.05, 0) is 51.6 Å². The maximum Gasteiger partial charge on any atom is 0.159 e.